The molecule has 0 saturated carbocycles. The van der Waals surface area contributed by atoms with Gasteiger partial charge in [0.2, 0.25) is 0 Å². The minimum Gasteiger partial charge on any atom is -0.373 e. The second-order valence-electron chi connectivity index (χ2n) is 3.47. The Kier molecular flexibility index (Phi) is 4.43. The molecule has 0 radical (unpaired) electrons. The van der Waals surface area contributed by atoms with E-state index in [1.165, 1.54) is 0 Å². The van der Waals surface area contributed by atoms with Gasteiger partial charge in [-0.2, -0.15) is 0 Å². The van der Waals surface area contributed by atoms with Crippen LogP contribution in [0.25, 0.3) is 0 Å². The lowest BCUT2D eigenvalue weighted by Gasteiger charge is -2.20. The van der Waals surface area contributed by atoms with E-state index in [4.69, 9.17) is 23.2 Å². The Labute approximate surface area is 99.8 Å². The lowest BCUT2D eigenvalue weighted by molar-refractivity contribution is -0.116. The Morgan fingerprint density at radius 1 is 1.40 bits per heavy atom. The Morgan fingerprint density at radius 2 is 2.07 bits per heavy atom. The smallest absolute Gasteiger partial charge is 0.131 e. The van der Waals surface area contributed by atoms with E-state index in [2.05, 4.69) is 0 Å². The molecular weight excluding hydrogens is 233 g/mol. The summed E-state index contributed by atoms with van der Waals surface area (Å²) in [6, 6.07) is 5.29. The maximum absolute atomic E-state index is 10.8. The molecule has 0 bridgehead atoms. The van der Waals surface area contributed by atoms with Crippen molar-refractivity contribution in [2.75, 3.05) is 18.5 Å². The maximum atomic E-state index is 10.8. The van der Waals surface area contributed by atoms with Crippen LogP contribution in [0.2, 0.25) is 10.0 Å². The van der Waals surface area contributed by atoms with E-state index < -0.39 is 0 Å². The summed E-state index contributed by atoms with van der Waals surface area (Å²) in [4.78, 5) is 12.8. The fourth-order valence-corrected chi connectivity index (χ4v) is 1.65. The Hall–Kier alpha value is -0.730. The third-order valence-corrected chi connectivity index (χ3v) is 2.67. The summed E-state index contributed by atoms with van der Waals surface area (Å²) < 4.78 is 0. The van der Waals surface area contributed by atoms with Crippen LogP contribution in [0.5, 0.6) is 0 Å². The molecule has 0 amide bonds. The topological polar surface area (TPSA) is 20.3 Å². The van der Waals surface area contributed by atoms with Gasteiger partial charge in [0.05, 0.1) is 10.7 Å². The minimum absolute atomic E-state index is 0.167. The number of anilines is 1. The van der Waals surface area contributed by atoms with Gasteiger partial charge in [0.1, 0.15) is 5.78 Å². The molecule has 0 aliphatic heterocycles. The quantitative estimate of drug-likeness (QED) is 0.811. The van der Waals surface area contributed by atoms with Gasteiger partial charge in [0.25, 0.3) is 0 Å². The highest BCUT2D eigenvalue weighted by Crippen LogP contribution is 2.28. The summed E-state index contributed by atoms with van der Waals surface area (Å²) in [6.45, 7) is 2.23. The second kappa shape index (κ2) is 5.38. The summed E-state index contributed by atoms with van der Waals surface area (Å²) in [5.74, 6) is 0.167. The van der Waals surface area contributed by atoms with E-state index in [1.807, 2.05) is 11.9 Å². The van der Waals surface area contributed by atoms with Crippen LogP contribution in [-0.4, -0.2) is 19.4 Å². The van der Waals surface area contributed by atoms with Gasteiger partial charge < -0.3 is 4.90 Å². The van der Waals surface area contributed by atoms with Crippen molar-refractivity contribution < 1.29 is 4.79 Å². The summed E-state index contributed by atoms with van der Waals surface area (Å²) in [6.07, 6.45) is 0.513. The van der Waals surface area contributed by atoms with Gasteiger partial charge in [0, 0.05) is 25.0 Å². The normalized spacial score (nSPS) is 10.1. The van der Waals surface area contributed by atoms with E-state index in [9.17, 15) is 4.79 Å². The first-order valence-electron chi connectivity index (χ1n) is 4.66. The van der Waals surface area contributed by atoms with Crippen molar-refractivity contribution in [1.29, 1.82) is 0 Å². The van der Waals surface area contributed by atoms with E-state index in [0.29, 0.717) is 23.0 Å². The first kappa shape index (κ1) is 12.3. The molecule has 0 heterocycles. The number of hydrogen-bond acceptors (Lipinski definition) is 2. The van der Waals surface area contributed by atoms with Gasteiger partial charge in [-0.05, 0) is 25.1 Å². The first-order valence-corrected chi connectivity index (χ1v) is 5.42. The summed E-state index contributed by atoms with van der Waals surface area (Å²) >= 11 is 11.9. The zero-order valence-corrected chi connectivity index (χ0v) is 10.3. The fraction of sp³-hybridized carbons (Fsp3) is 0.364. The van der Waals surface area contributed by atoms with Crippen molar-refractivity contribution in [3.8, 4) is 0 Å². The molecule has 0 fully saturated rings. The van der Waals surface area contributed by atoms with Crippen molar-refractivity contribution in [2.45, 2.75) is 13.3 Å². The second-order valence-corrected chi connectivity index (χ2v) is 4.31. The number of Topliss-reactive ketones (excluding diaryl/α,β-unsaturated/α-hetero) is 1. The lowest BCUT2D eigenvalue weighted by atomic mass is 10.2. The maximum Gasteiger partial charge on any atom is 0.131 e. The average molecular weight is 246 g/mol. The number of ketones is 1. The van der Waals surface area contributed by atoms with Crippen LogP contribution in [0.3, 0.4) is 0 Å². The number of nitrogens with zero attached hydrogens (tertiary/aromatic N) is 1. The summed E-state index contributed by atoms with van der Waals surface area (Å²) in [5.41, 5.74) is 0.852. The molecule has 0 N–H and O–H groups in total. The van der Waals surface area contributed by atoms with Crippen LogP contribution in [0.15, 0.2) is 18.2 Å². The van der Waals surface area contributed by atoms with E-state index >= 15 is 0 Å². The van der Waals surface area contributed by atoms with Crippen molar-refractivity contribution >= 4 is 34.7 Å². The number of hydrogen-bond donors (Lipinski definition) is 0. The van der Waals surface area contributed by atoms with Crippen LogP contribution in [0.4, 0.5) is 5.69 Å². The van der Waals surface area contributed by atoms with Gasteiger partial charge in [-0.25, -0.2) is 0 Å². The minimum atomic E-state index is 0.167. The molecule has 4 heteroatoms. The highest BCUT2D eigenvalue weighted by molar-refractivity contribution is 6.35. The molecular formula is C11H13Cl2NO. The van der Waals surface area contributed by atoms with Gasteiger partial charge >= 0.3 is 0 Å². The molecule has 0 aliphatic rings. The van der Waals surface area contributed by atoms with Gasteiger partial charge in [-0.3, -0.25) is 4.79 Å². The third kappa shape index (κ3) is 3.73. The van der Waals surface area contributed by atoms with Gasteiger partial charge in [-0.1, -0.05) is 23.2 Å². The molecule has 0 aliphatic carbocycles. The number of halogens is 2. The van der Waals surface area contributed by atoms with Crippen molar-refractivity contribution in [3.05, 3.63) is 28.2 Å². The molecule has 1 aromatic rings. The molecule has 2 nitrogen and oxygen atoms in total. The Bertz CT molecular complexity index is 366. The standard InChI is InChI=1S/C11H13Cl2NO/c1-8(15)5-6-14(2)11-7-9(12)3-4-10(11)13/h3-4,7H,5-6H2,1-2H3. The lowest BCUT2D eigenvalue weighted by Crippen LogP contribution is -2.20. The Balaban J connectivity index is 2.76. The summed E-state index contributed by atoms with van der Waals surface area (Å²) in [7, 11) is 1.89. The molecule has 82 valence electrons. The number of rotatable bonds is 4. The predicted molar refractivity (Wildman–Crippen MR) is 65.0 cm³/mol. The molecule has 0 aromatic heterocycles. The van der Waals surface area contributed by atoms with E-state index in [0.717, 1.165) is 5.69 Å². The van der Waals surface area contributed by atoms with Crippen LogP contribution < -0.4 is 4.90 Å². The molecule has 1 aromatic carbocycles. The molecule has 0 saturated heterocycles. The van der Waals surface area contributed by atoms with E-state index in [-0.39, 0.29) is 5.78 Å². The van der Waals surface area contributed by atoms with Crippen LogP contribution in [-0.2, 0) is 4.79 Å². The Morgan fingerprint density at radius 3 is 2.67 bits per heavy atom. The van der Waals surface area contributed by atoms with Crippen molar-refractivity contribution in [1.82, 2.24) is 0 Å². The predicted octanol–water partition coefficient (Wildman–Crippen LogP) is 3.41. The zero-order chi connectivity index (χ0) is 11.4. The van der Waals surface area contributed by atoms with Gasteiger partial charge in [0.15, 0.2) is 0 Å². The van der Waals surface area contributed by atoms with Gasteiger partial charge in [-0.15, -0.1) is 0 Å². The monoisotopic (exact) mass is 245 g/mol. The van der Waals surface area contributed by atoms with Crippen molar-refractivity contribution in [2.24, 2.45) is 0 Å². The highest BCUT2D eigenvalue weighted by Gasteiger charge is 2.07. The largest absolute Gasteiger partial charge is 0.373 e. The van der Waals surface area contributed by atoms with E-state index in [1.54, 1.807) is 25.1 Å². The summed E-state index contributed by atoms with van der Waals surface area (Å²) in [5, 5.41) is 1.29. The van der Waals surface area contributed by atoms with Crippen LogP contribution >= 0.6 is 23.2 Å². The number of benzene rings is 1. The average Bonchev–Trinajstić information content (AvgIpc) is 2.18. The van der Waals surface area contributed by atoms with Crippen LogP contribution in [0, 0.1) is 0 Å². The van der Waals surface area contributed by atoms with Crippen LogP contribution in [0.1, 0.15) is 13.3 Å². The fourth-order valence-electron chi connectivity index (χ4n) is 1.22. The zero-order valence-electron chi connectivity index (χ0n) is 8.76. The number of carbonyl (C=O) groups excluding carboxylic acids is 1. The molecule has 15 heavy (non-hydrogen) atoms. The molecule has 0 spiro atoms. The first-order chi connectivity index (χ1) is 7.00. The number of carbonyl (C=O) groups is 1. The third-order valence-electron chi connectivity index (χ3n) is 2.12. The molecule has 1 rings (SSSR count). The molecule has 0 unspecified atom stereocenters. The SMILES string of the molecule is CC(=O)CCN(C)c1cc(Cl)ccc1Cl. The molecule has 0 atom stereocenters. The van der Waals surface area contributed by atoms with Crippen molar-refractivity contribution in [3.63, 3.8) is 0 Å². The highest BCUT2D eigenvalue weighted by atomic mass is 35.5.